The van der Waals surface area contributed by atoms with E-state index < -0.39 is 36.2 Å². The molecule has 0 aliphatic heterocycles. The number of aromatic nitrogens is 6. The minimum atomic E-state index is -0.951. The first-order valence-electron chi connectivity index (χ1n) is 41.7. The molecule has 0 saturated carbocycles. The highest BCUT2D eigenvalue weighted by Crippen LogP contribution is 2.42. The number of rotatable bonds is 52. The zero-order valence-corrected chi connectivity index (χ0v) is 69.2. The van der Waals surface area contributed by atoms with E-state index in [0.717, 1.165) is 148 Å². The predicted octanol–water partition coefficient (Wildman–Crippen LogP) is 21.0. The van der Waals surface area contributed by atoms with Crippen molar-refractivity contribution in [2.45, 2.75) is 254 Å². The Kier molecular flexibility index (Phi) is 40.2. The second kappa shape index (κ2) is 50.5. The van der Waals surface area contributed by atoms with Gasteiger partial charge in [0.15, 0.2) is 53.3 Å². The summed E-state index contributed by atoms with van der Waals surface area (Å²) in [6.45, 7) is 22.7. The molecule has 0 bridgehead atoms. The van der Waals surface area contributed by atoms with Crippen LogP contribution in [0.15, 0.2) is 109 Å². The lowest BCUT2D eigenvalue weighted by Gasteiger charge is -2.16. The number of ether oxygens (including phenoxy) is 10. The molecule has 6 aromatic carbocycles. The van der Waals surface area contributed by atoms with Crippen LogP contribution in [0.4, 0.5) is 0 Å². The number of phenols is 5. The Hall–Kier alpha value is -10.7. The number of aromatic hydroxyl groups is 5. The Bertz CT molecular complexity index is 3940. The number of hydrogen-bond acceptors (Lipinski definition) is 24. The number of carbonyl (C=O) groups excluding carboxylic acids is 3. The molecule has 0 amide bonds. The van der Waals surface area contributed by atoms with E-state index in [-0.39, 0.29) is 91.8 Å². The monoisotopic (exact) mass is 1590 g/mol. The van der Waals surface area contributed by atoms with Gasteiger partial charge in [0.2, 0.25) is 0 Å². The standard InChI is InChI=1S/C54H75N3O12.C37H47N3O6/c1-7-10-13-16-19-22-31-64-52(61)37(4)67-40-25-28-43(46(58)34-40)49-55-50(44-29-26-41(35-47(44)59)68-38(5)53(62)65-32-23-20-17-14-11-8-2)57-51(56-49)45-30-27-42(36-48(45)60)69-39(6)54(63)66-33-24-21-18-15-12-9-3;1-5-9-19-43-26-13-16-29(32(41)23-26)35-38-36(30-17-14-27(24-33(30)42)44-20-10-6-2)40-37(39-35)31-18-15-28(45-21-11-7-3)25-34(31)46-22-12-8-4/h25-30,34-39,58-60H,7-24,31-33H2,1-6H3;13-18,23-25,41-42H,5-12,19-22H2,1-4H3. The van der Waals surface area contributed by atoms with Crippen LogP contribution in [-0.2, 0) is 28.6 Å². The summed E-state index contributed by atoms with van der Waals surface area (Å²) in [4.78, 5) is 66.2. The molecule has 624 valence electrons. The number of nitrogens with zero attached hydrogens (tertiary/aromatic N) is 6. The molecule has 115 heavy (non-hydrogen) atoms. The topological polar surface area (TPSA) is 322 Å². The van der Waals surface area contributed by atoms with Crippen molar-refractivity contribution in [2.75, 3.05) is 46.2 Å². The van der Waals surface area contributed by atoms with Crippen molar-refractivity contribution in [3.8, 4) is 137 Å². The molecule has 5 N–H and O–H groups in total. The third-order valence-corrected chi connectivity index (χ3v) is 18.7. The number of phenolic OH excluding ortho intramolecular Hbond substituents is 5. The first-order chi connectivity index (χ1) is 55.8. The molecule has 0 fully saturated rings. The zero-order chi connectivity index (χ0) is 82.7. The molecule has 0 spiro atoms. The second-order valence-corrected chi connectivity index (χ2v) is 28.6. The smallest absolute Gasteiger partial charge is 0.347 e. The van der Waals surface area contributed by atoms with Gasteiger partial charge in [-0.05, 0) is 139 Å². The van der Waals surface area contributed by atoms with Crippen LogP contribution in [0.1, 0.15) is 236 Å². The van der Waals surface area contributed by atoms with Gasteiger partial charge in [-0.3, -0.25) is 0 Å². The van der Waals surface area contributed by atoms with Gasteiger partial charge in [-0.1, -0.05) is 170 Å². The first kappa shape index (κ1) is 91.5. The third-order valence-electron chi connectivity index (χ3n) is 18.7. The Balaban J connectivity index is 0.000000344. The molecule has 24 nitrogen and oxygen atoms in total. The van der Waals surface area contributed by atoms with E-state index in [1.165, 1.54) is 55.7 Å². The van der Waals surface area contributed by atoms with E-state index in [9.17, 15) is 39.9 Å². The maximum absolute atomic E-state index is 12.7. The van der Waals surface area contributed by atoms with E-state index in [1.54, 1.807) is 75.4 Å². The summed E-state index contributed by atoms with van der Waals surface area (Å²) in [5.74, 6) is 1.17. The van der Waals surface area contributed by atoms with Crippen LogP contribution in [0.5, 0.6) is 69.0 Å². The van der Waals surface area contributed by atoms with Gasteiger partial charge in [0, 0.05) is 36.4 Å². The van der Waals surface area contributed by atoms with Crippen LogP contribution in [0.25, 0.3) is 68.3 Å². The van der Waals surface area contributed by atoms with Gasteiger partial charge in [0.05, 0.1) is 79.6 Å². The average molecular weight is 1590 g/mol. The van der Waals surface area contributed by atoms with E-state index >= 15 is 0 Å². The van der Waals surface area contributed by atoms with E-state index in [4.69, 9.17) is 62.3 Å². The van der Waals surface area contributed by atoms with Gasteiger partial charge in [-0.25, -0.2) is 44.3 Å². The van der Waals surface area contributed by atoms with Crippen LogP contribution < -0.4 is 33.2 Å². The first-order valence-corrected chi connectivity index (χ1v) is 41.7. The highest BCUT2D eigenvalue weighted by atomic mass is 16.6. The maximum atomic E-state index is 12.7. The third kappa shape index (κ3) is 30.6. The van der Waals surface area contributed by atoms with Crippen molar-refractivity contribution >= 4 is 17.9 Å². The highest BCUT2D eigenvalue weighted by molar-refractivity contribution is 5.79. The fourth-order valence-corrected chi connectivity index (χ4v) is 11.9. The quantitative estimate of drug-likeness (QED) is 0.0134. The van der Waals surface area contributed by atoms with Crippen molar-refractivity contribution < 1.29 is 87.3 Å². The van der Waals surface area contributed by atoms with E-state index in [0.29, 0.717) is 91.8 Å². The number of esters is 3. The van der Waals surface area contributed by atoms with Gasteiger partial charge < -0.3 is 72.9 Å². The van der Waals surface area contributed by atoms with Crippen molar-refractivity contribution in [3.63, 3.8) is 0 Å². The van der Waals surface area contributed by atoms with Gasteiger partial charge in [-0.15, -0.1) is 0 Å². The maximum Gasteiger partial charge on any atom is 0.347 e. The van der Waals surface area contributed by atoms with Gasteiger partial charge >= 0.3 is 17.9 Å². The summed E-state index contributed by atoms with van der Waals surface area (Å²) >= 11 is 0. The lowest BCUT2D eigenvalue weighted by atomic mass is 10.1. The summed E-state index contributed by atoms with van der Waals surface area (Å²) in [6, 6.07) is 28.9. The molecule has 8 aromatic rings. The Morgan fingerprint density at radius 3 is 0.748 bits per heavy atom. The predicted molar refractivity (Wildman–Crippen MR) is 445 cm³/mol. The molecule has 8 rings (SSSR count). The number of carbonyl (C=O) groups is 3. The molecule has 0 saturated heterocycles. The summed E-state index contributed by atoms with van der Waals surface area (Å²) in [5, 5.41) is 56.2. The Morgan fingerprint density at radius 1 is 0.261 bits per heavy atom. The lowest BCUT2D eigenvalue weighted by Crippen LogP contribution is -2.26. The molecular formula is C91H122N6O18. The summed E-state index contributed by atoms with van der Waals surface area (Å²) < 4.78 is 57.5. The van der Waals surface area contributed by atoms with E-state index in [1.807, 2.05) is 18.2 Å². The van der Waals surface area contributed by atoms with Gasteiger partial charge in [0.1, 0.15) is 69.0 Å². The van der Waals surface area contributed by atoms with Crippen molar-refractivity contribution in [1.29, 1.82) is 0 Å². The van der Waals surface area contributed by atoms with Crippen LogP contribution in [0.2, 0.25) is 0 Å². The molecule has 3 unspecified atom stereocenters. The Morgan fingerprint density at radius 2 is 0.478 bits per heavy atom. The average Bonchev–Trinajstić information content (AvgIpc) is 0.783. The minimum Gasteiger partial charge on any atom is -0.507 e. The van der Waals surface area contributed by atoms with Crippen LogP contribution >= 0.6 is 0 Å². The normalized spacial score (nSPS) is 11.8. The molecule has 2 aromatic heterocycles. The van der Waals surface area contributed by atoms with Crippen molar-refractivity contribution in [1.82, 2.24) is 29.9 Å². The number of hydrogen-bond donors (Lipinski definition) is 5. The van der Waals surface area contributed by atoms with Gasteiger partial charge in [-0.2, -0.15) is 0 Å². The van der Waals surface area contributed by atoms with Crippen LogP contribution in [-0.4, -0.2) is 138 Å². The molecular weight excluding hydrogens is 1470 g/mol. The second-order valence-electron chi connectivity index (χ2n) is 28.6. The fourth-order valence-electron chi connectivity index (χ4n) is 11.9. The molecule has 3 atom stereocenters. The molecule has 2 heterocycles. The molecule has 0 radical (unpaired) electrons. The summed E-state index contributed by atoms with van der Waals surface area (Å²) in [5.41, 5.74) is 1.88. The SMILES string of the molecule is CCCCCCCCOC(=O)C(C)Oc1ccc(-c2nc(-c3ccc(OC(C)C(=O)OCCCCCCCC)cc3O)nc(-c3ccc(OC(C)C(=O)OCCCCCCCC)cc3O)n2)c(O)c1.CCCCOc1ccc(-c2nc(-c3ccc(OCCCC)cc3O)nc(-c3ccc(OCCCC)cc3OCCCC)n2)c(O)c1. The molecule has 24 heteroatoms. The minimum absolute atomic E-state index is 0.0277. The lowest BCUT2D eigenvalue weighted by molar-refractivity contribution is -0.152. The fraction of sp³-hybridized carbons (Fsp3) is 0.505. The van der Waals surface area contributed by atoms with Crippen LogP contribution in [0, 0.1) is 0 Å². The number of unbranched alkanes of at least 4 members (excludes halogenated alkanes) is 19. The summed E-state index contributed by atoms with van der Waals surface area (Å²) in [7, 11) is 0. The largest absolute Gasteiger partial charge is 0.507 e. The molecule has 0 aliphatic carbocycles. The van der Waals surface area contributed by atoms with Crippen molar-refractivity contribution in [3.05, 3.63) is 109 Å². The molecule has 0 aliphatic rings. The number of benzene rings is 6. The Labute approximate surface area is 679 Å². The zero-order valence-electron chi connectivity index (χ0n) is 69.2. The van der Waals surface area contributed by atoms with Crippen molar-refractivity contribution in [2.24, 2.45) is 0 Å². The van der Waals surface area contributed by atoms with E-state index in [2.05, 4.69) is 63.4 Å². The van der Waals surface area contributed by atoms with Crippen LogP contribution in [0.3, 0.4) is 0 Å². The summed E-state index contributed by atoms with van der Waals surface area (Å²) in [6.07, 6.45) is 23.9. The van der Waals surface area contributed by atoms with Gasteiger partial charge in [0.25, 0.3) is 0 Å². The highest BCUT2D eigenvalue weighted by Gasteiger charge is 2.26.